The van der Waals surface area contributed by atoms with Crippen LogP contribution in [0, 0.1) is 21.4 Å². The van der Waals surface area contributed by atoms with Crippen LogP contribution in [-0.2, 0) is 4.79 Å². The SMILES string of the molecule is CCOc1cc(/C=C(/C#N)C(=O)Nc2cccc([N+](=O)[O-])c2)cc(Br)c1O. The predicted molar refractivity (Wildman–Crippen MR) is 102 cm³/mol. The molecule has 0 saturated carbocycles. The highest BCUT2D eigenvalue weighted by Crippen LogP contribution is 2.36. The van der Waals surface area contributed by atoms with Gasteiger partial charge in [-0.15, -0.1) is 0 Å². The number of rotatable bonds is 6. The Labute approximate surface area is 163 Å². The maximum Gasteiger partial charge on any atom is 0.271 e. The highest BCUT2D eigenvalue weighted by atomic mass is 79.9. The Bertz CT molecular complexity index is 966. The number of halogens is 1. The smallest absolute Gasteiger partial charge is 0.271 e. The molecule has 0 aliphatic rings. The molecule has 0 saturated heterocycles. The molecule has 2 aromatic carbocycles. The van der Waals surface area contributed by atoms with Crippen LogP contribution >= 0.6 is 15.9 Å². The predicted octanol–water partition coefficient (Wildman–Crippen LogP) is 4.01. The molecular formula is C18H14BrN3O5. The van der Waals surface area contributed by atoms with Crippen molar-refractivity contribution in [3.8, 4) is 17.6 Å². The molecule has 0 heterocycles. The van der Waals surface area contributed by atoms with Crippen LogP contribution in [0.4, 0.5) is 11.4 Å². The van der Waals surface area contributed by atoms with Gasteiger partial charge in [-0.3, -0.25) is 14.9 Å². The summed E-state index contributed by atoms with van der Waals surface area (Å²) in [5, 5.41) is 32.5. The van der Waals surface area contributed by atoms with E-state index in [1.807, 2.05) is 0 Å². The molecule has 0 spiro atoms. The van der Waals surface area contributed by atoms with E-state index >= 15 is 0 Å². The summed E-state index contributed by atoms with van der Waals surface area (Å²) >= 11 is 3.18. The molecule has 1 amide bonds. The van der Waals surface area contributed by atoms with Crippen LogP contribution in [0.5, 0.6) is 11.5 Å². The maximum absolute atomic E-state index is 12.3. The maximum atomic E-state index is 12.3. The number of carbonyl (C=O) groups excluding carboxylic acids is 1. The van der Waals surface area contributed by atoms with Crippen LogP contribution in [0.2, 0.25) is 0 Å². The van der Waals surface area contributed by atoms with Crippen molar-refractivity contribution in [3.63, 3.8) is 0 Å². The lowest BCUT2D eigenvalue weighted by Crippen LogP contribution is -2.13. The van der Waals surface area contributed by atoms with Gasteiger partial charge < -0.3 is 15.2 Å². The zero-order chi connectivity index (χ0) is 20.0. The van der Waals surface area contributed by atoms with Crippen LogP contribution in [0.1, 0.15) is 12.5 Å². The second-order valence-electron chi connectivity index (χ2n) is 5.21. The Hall–Kier alpha value is -3.38. The second-order valence-corrected chi connectivity index (χ2v) is 6.07. The first-order valence-corrected chi connectivity index (χ1v) is 8.48. The molecule has 0 aromatic heterocycles. The molecule has 0 aliphatic carbocycles. The number of phenols is 1. The second kappa shape index (κ2) is 8.82. The Morgan fingerprint density at radius 1 is 1.44 bits per heavy atom. The lowest BCUT2D eigenvalue weighted by atomic mass is 10.1. The summed E-state index contributed by atoms with van der Waals surface area (Å²) < 4.78 is 5.65. The van der Waals surface area contributed by atoms with Gasteiger partial charge in [-0.1, -0.05) is 6.07 Å². The topological polar surface area (TPSA) is 125 Å². The molecular weight excluding hydrogens is 418 g/mol. The standard InChI is InChI=1S/C18H14BrN3O5/c1-2-27-16-8-11(7-15(19)17(16)23)6-12(10-20)18(24)21-13-4-3-5-14(9-13)22(25)26/h3-9,23H,2H2,1H3,(H,21,24)/b12-6-. The summed E-state index contributed by atoms with van der Waals surface area (Å²) in [7, 11) is 0. The molecule has 138 valence electrons. The van der Waals surface area contributed by atoms with Gasteiger partial charge in [-0.2, -0.15) is 5.26 Å². The minimum Gasteiger partial charge on any atom is -0.503 e. The van der Waals surface area contributed by atoms with Crippen LogP contribution in [0.15, 0.2) is 46.4 Å². The Balaban J connectivity index is 2.31. The van der Waals surface area contributed by atoms with Crippen molar-refractivity contribution in [1.29, 1.82) is 5.26 Å². The molecule has 8 nitrogen and oxygen atoms in total. The molecule has 0 bridgehead atoms. The number of nitro groups is 1. The van der Waals surface area contributed by atoms with Crippen LogP contribution in [-0.4, -0.2) is 22.5 Å². The van der Waals surface area contributed by atoms with Gasteiger partial charge in [-0.05, 0) is 52.7 Å². The van der Waals surface area contributed by atoms with E-state index in [4.69, 9.17) is 4.74 Å². The van der Waals surface area contributed by atoms with Crippen molar-refractivity contribution in [2.24, 2.45) is 0 Å². The number of anilines is 1. The van der Waals surface area contributed by atoms with Gasteiger partial charge >= 0.3 is 0 Å². The fourth-order valence-corrected chi connectivity index (χ4v) is 2.61. The Morgan fingerprint density at radius 2 is 2.19 bits per heavy atom. The van der Waals surface area contributed by atoms with E-state index < -0.39 is 10.8 Å². The van der Waals surface area contributed by atoms with Gasteiger partial charge in [0.1, 0.15) is 11.6 Å². The Kier molecular flexibility index (Phi) is 6.51. The average molecular weight is 432 g/mol. The lowest BCUT2D eigenvalue weighted by Gasteiger charge is -2.09. The summed E-state index contributed by atoms with van der Waals surface area (Å²) in [4.78, 5) is 22.6. The number of hydrogen-bond donors (Lipinski definition) is 2. The number of phenolic OH excluding ortho intramolecular Hbond substituents is 1. The number of aromatic hydroxyl groups is 1. The van der Waals surface area contributed by atoms with Gasteiger partial charge in [0, 0.05) is 17.8 Å². The normalized spacial score (nSPS) is 10.8. The first-order valence-electron chi connectivity index (χ1n) is 7.68. The molecule has 2 aromatic rings. The zero-order valence-electron chi connectivity index (χ0n) is 14.1. The van der Waals surface area contributed by atoms with Gasteiger partial charge in [0.2, 0.25) is 0 Å². The fourth-order valence-electron chi connectivity index (χ4n) is 2.15. The number of nitriles is 1. The number of nitrogens with one attached hydrogen (secondary N) is 1. The minimum absolute atomic E-state index is 0.0893. The number of hydrogen-bond acceptors (Lipinski definition) is 6. The minimum atomic E-state index is -0.722. The van der Waals surface area contributed by atoms with Gasteiger partial charge in [0.05, 0.1) is 16.0 Å². The van der Waals surface area contributed by atoms with Gasteiger partial charge in [-0.25, -0.2) is 0 Å². The number of nitrogens with zero attached hydrogens (tertiary/aromatic N) is 2. The average Bonchev–Trinajstić information content (AvgIpc) is 2.63. The summed E-state index contributed by atoms with van der Waals surface area (Å²) in [6.07, 6.45) is 1.32. The molecule has 2 rings (SSSR count). The zero-order valence-corrected chi connectivity index (χ0v) is 15.7. The van der Waals surface area contributed by atoms with Crippen LogP contribution in [0.25, 0.3) is 6.08 Å². The van der Waals surface area contributed by atoms with Crippen molar-refractivity contribution in [2.45, 2.75) is 6.92 Å². The fraction of sp³-hybridized carbons (Fsp3) is 0.111. The van der Waals surface area contributed by atoms with E-state index in [9.17, 15) is 25.3 Å². The highest BCUT2D eigenvalue weighted by molar-refractivity contribution is 9.10. The van der Waals surface area contributed by atoms with E-state index in [2.05, 4.69) is 21.2 Å². The number of nitro benzene ring substituents is 1. The van der Waals surface area contributed by atoms with E-state index in [0.717, 1.165) is 0 Å². The highest BCUT2D eigenvalue weighted by Gasteiger charge is 2.14. The molecule has 0 radical (unpaired) electrons. The molecule has 0 atom stereocenters. The number of benzene rings is 2. The van der Waals surface area contributed by atoms with Crippen molar-refractivity contribution in [2.75, 3.05) is 11.9 Å². The van der Waals surface area contributed by atoms with Gasteiger partial charge in [0.15, 0.2) is 11.5 Å². The van der Waals surface area contributed by atoms with Crippen molar-refractivity contribution < 1.29 is 19.6 Å². The number of ether oxygens (including phenoxy) is 1. The number of carbonyl (C=O) groups is 1. The lowest BCUT2D eigenvalue weighted by molar-refractivity contribution is -0.384. The third-order valence-corrected chi connectivity index (χ3v) is 3.95. The Morgan fingerprint density at radius 3 is 2.81 bits per heavy atom. The summed E-state index contributed by atoms with van der Waals surface area (Å²) in [6.45, 7) is 2.08. The van der Waals surface area contributed by atoms with Crippen LogP contribution in [0.3, 0.4) is 0 Å². The first-order chi connectivity index (χ1) is 12.8. The number of non-ortho nitro benzene ring substituents is 1. The van der Waals surface area contributed by atoms with Crippen molar-refractivity contribution in [3.05, 3.63) is 62.1 Å². The molecule has 9 heteroatoms. The monoisotopic (exact) mass is 431 g/mol. The molecule has 0 fully saturated rings. The van der Waals surface area contributed by atoms with E-state index in [0.29, 0.717) is 16.6 Å². The summed E-state index contributed by atoms with van der Waals surface area (Å²) in [5.74, 6) is -0.608. The van der Waals surface area contributed by atoms with Crippen LogP contribution < -0.4 is 10.1 Å². The quantitative estimate of drug-likeness (QED) is 0.308. The third kappa shape index (κ3) is 5.05. The van der Waals surface area contributed by atoms with E-state index in [-0.39, 0.29) is 28.4 Å². The summed E-state index contributed by atoms with van der Waals surface area (Å²) in [5.41, 5.74) is 0.242. The van der Waals surface area contributed by atoms with Crippen molar-refractivity contribution >= 4 is 39.3 Å². The van der Waals surface area contributed by atoms with Crippen molar-refractivity contribution in [1.82, 2.24) is 0 Å². The van der Waals surface area contributed by atoms with E-state index in [1.165, 1.54) is 42.5 Å². The molecule has 2 N–H and O–H groups in total. The van der Waals surface area contributed by atoms with Gasteiger partial charge in [0.25, 0.3) is 11.6 Å². The molecule has 27 heavy (non-hydrogen) atoms. The molecule has 0 aliphatic heterocycles. The summed E-state index contributed by atoms with van der Waals surface area (Å²) in [6, 6.07) is 10.2. The third-order valence-electron chi connectivity index (χ3n) is 3.34. The molecule has 0 unspecified atom stereocenters. The first kappa shape index (κ1) is 19.9. The van der Waals surface area contributed by atoms with E-state index in [1.54, 1.807) is 13.0 Å². The number of amides is 1. The largest absolute Gasteiger partial charge is 0.503 e.